The fraction of sp³-hybridized carbons (Fsp3) is 0.450. The Bertz CT molecular complexity index is 1080. The molecule has 7 nitrogen and oxygen atoms in total. The van der Waals surface area contributed by atoms with Crippen molar-refractivity contribution in [2.75, 3.05) is 12.4 Å². The number of amides is 1. The van der Waals surface area contributed by atoms with Crippen LogP contribution < -0.4 is 5.32 Å². The summed E-state index contributed by atoms with van der Waals surface area (Å²) in [6.07, 6.45) is 2.93. The van der Waals surface area contributed by atoms with Crippen molar-refractivity contribution in [1.82, 2.24) is 9.29 Å². The molecule has 0 atom stereocenters. The maximum atomic E-state index is 12.6. The van der Waals surface area contributed by atoms with E-state index >= 15 is 0 Å². The van der Waals surface area contributed by atoms with Crippen LogP contribution in [0.3, 0.4) is 0 Å². The maximum Gasteiger partial charge on any atom is 0.257 e. The van der Waals surface area contributed by atoms with Crippen molar-refractivity contribution in [3.63, 3.8) is 0 Å². The zero-order chi connectivity index (χ0) is 21.0. The van der Waals surface area contributed by atoms with Gasteiger partial charge in [0.05, 0.1) is 15.5 Å². The molecule has 1 aromatic carbocycles. The second-order valence-corrected chi connectivity index (χ2v) is 11.5. The molecule has 1 fully saturated rings. The highest BCUT2D eigenvalue weighted by atomic mass is 32.2. The van der Waals surface area contributed by atoms with Gasteiger partial charge in [-0.25, -0.2) is 13.4 Å². The molecular weight excluding hydrogens is 410 g/mol. The number of Topliss-reactive ketones (excluding diaryl/α,β-unsaturated/α-hetero) is 1. The Morgan fingerprint density at radius 1 is 1.21 bits per heavy atom. The minimum atomic E-state index is -3.54. The number of ketones is 1. The monoisotopic (exact) mass is 433 g/mol. The van der Waals surface area contributed by atoms with Crippen LogP contribution in [-0.2, 0) is 16.4 Å². The quantitative estimate of drug-likeness (QED) is 0.780. The average molecular weight is 434 g/mol. The third kappa shape index (κ3) is 3.99. The van der Waals surface area contributed by atoms with Gasteiger partial charge in [0.2, 0.25) is 10.0 Å². The molecule has 0 bridgehead atoms. The highest BCUT2D eigenvalue weighted by Gasteiger charge is 2.35. The summed E-state index contributed by atoms with van der Waals surface area (Å²) in [5.41, 5.74) is 0.933. The smallest absolute Gasteiger partial charge is 0.257 e. The number of rotatable bonds is 5. The number of carbonyl (C=O) groups excluding carboxylic acids is 2. The number of nitrogens with one attached hydrogen (secondary N) is 1. The number of thiazole rings is 1. The molecule has 1 aromatic heterocycles. The van der Waals surface area contributed by atoms with Gasteiger partial charge in [0.25, 0.3) is 5.91 Å². The van der Waals surface area contributed by atoms with Gasteiger partial charge in [0.1, 0.15) is 0 Å². The number of fused-ring (bicyclic) bond motifs is 1. The molecule has 0 radical (unpaired) electrons. The van der Waals surface area contributed by atoms with Crippen molar-refractivity contribution >= 4 is 38.2 Å². The van der Waals surface area contributed by atoms with Crippen LogP contribution >= 0.6 is 11.3 Å². The van der Waals surface area contributed by atoms with Crippen molar-refractivity contribution in [2.24, 2.45) is 5.41 Å². The predicted molar refractivity (Wildman–Crippen MR) is 111 cm³/mol. The summed E-state index contributed by atoms with van der Waals surface area (Å²) in [5.74, 6) is -0.328. The largest absolute Gasteiger partial charge is 0.298 e. The van der Waals surface area contributed by atoms with Crippen LogP contribution in [0.1, 0.15) is 58.8 Å². The van der Waals surface area contributed by atoms with Crippen molar-refractivity contribution in [3.8, 4) is 0 Å². The van der Waals surface area contributed by atoms with Crippen LogP contribution in [0.5, 0.6) is 0 Å². The van der Waals surface area contributed by atoms with Gasteiger partial charge >= 0.3 is 0 Å². The molecule has 29 heavy (non-hydrogen) atoms. The molecule has 0 unspecified atom stereocenters. The fourth-order valence-electron chi connectivity index (χ4n) is 3.52. The number of hydrogen-bond donors (Lipinski definition) is 1. The van der Waals surface area contributed by atoms with E-state index in [0.717, 1.165) is 18.5 Å². The van der Waals surface area contributed by atoms with Crippen molar-refractivity contribution in [3.05, 3.63) is 40.4 Å². The van der Waals surface area contributed by atoms with Crippen molar-refractivity contribution < 1.29 is 18.0 Å². The summed E-state index contributed by atoms with van der Waals surface area (Å²) in [4.78, 5) is 30.1. The minimum Gasteiger partial charge on any atom is -0.298 e. The van der Waals surface area contributed by atoms with Gasteiger partial charge in [-0.3, -0.25) is 14.9 Å². The molecule has 9 heteroatoms. The van der Waals surface area contributed by atoms with Crippen LogP contribution in [0.4, 0.5) is 5.13 Å². The Morgan fingerprint density at radius 2 is 1.86 bits per heavy atom. The summed E-state index contributed by atoms with van der Waals surface area (Å²) in [6.45, 7) is 4.06. The summed E-state index contributed by atoms with van der Waals surface area (Å²) >= 11 is 1.19. The summed E-state index contributed by atoms with van der Waals surface area (Å²) < 4.78 is 26.5. The SMILES string of the molecule is CN(C1CC1)S(=O)(=O)c1ccc(C(=O)Nc2nc3c(s2)C(=O)CC(C)(C)C3)cc1. The van der Waals surface area contributed by atoms with Crippen LogP contribution in [0.25, 0.3) is 0 Å². The number of hydrogen-bond acceptors (Lipinski definition) is 6. The first kappa shape index (κ1) is 20.2. The lowest BCUT2D eigenvalue weighted by atomic mass is 9.78. The second kappa shape index (κ2) is 7.00. The van der Waals surface area contributed by atoms with Crippen LogP contribution in [-0.4, -0.2) is 42.5 Å². The number of nitrogens with zero attached hydrogens (tertiary/aromatic N) is 2. The minimum absolute atomic E-state index is 0.0589. The first-order valence-corrected chi connectivity index (χ1v) is 11.7. The Kier molecular flexibility index (Phi) is 4.87. The number of carbonyl (C=O) groups is 2. The Balaban J connectivity index is 1.49. The van der Waals surface area contributed by atoms with Gasteiger partial charge < -0.3 is 0 Å². The van der Waals surface area contributed by atoms with Gasteiger partial charge in [-0.2, -0.15) is 4.31 Å². The summed E-state index contributed by atoms with van der Waals surface area (Å²) in [7, 11) is -1.96. The average Bonchev–Trinajstić information content (AvgIpc) is 3.41. The maximum absolute atomic E-state index is 12.6. The molecule has 154 valence electrons. The number of benzene rings is 1. The van der Waals surface area contributed by atoms with E-state index in [4.69, 9.17) is 0 Å². The lowest BCUT2D eigenvalue weighted by molar-refractivity contribution is 0.0915. The topological polar surface area (TPSA) is 96.4 Å². The fourth-order valence-corrected chi connectivity index (χ4v) is 5.85. The van der Waals surface area contributed by atoms with E-state index in [1.165, 1.54) is 39.9 Å². The standard InChI is InChI=1S/C20H23N3O4S2/c1-20(2)10-15-17(16(24)11-20)28-19(21-15)22-18(25)12-4-8-14(9-5-12)29(26,27)23(3)13-6-7-13/h4-5,8-9,13H,6-7,10-11H2,1-3H3,(H,21,22,25). The summed E-state index contributed by atoms with van der Waals surface area (Å²) in [6, 6.07) is 5.95. The molecule has 2 aliphatic carbocycles. The molecule has 2 aliphatic rings. The van der Waals surface area contributed by atoms with Crippen LogP contribution in [0.2, 0.25) is 0 Å². The Morgan fingerprint density at radius 3 is 2.48 bits per heavy atom. The van der Waals surface area contributed by atoms with E-state index in [2.05, 4.69) is 10.3 Å². The van der Waals surface area contributed by atoms with Gasteiger partial charge in [-0.1, -0.05) is 25.2 Å². The molecule has 1 N–H and O–H groups in total. The first-order chi connectivity index (χ1) is 13.6. The van der Waals surface area contributed by atoms with Crippen molar-refractivity contribution in [1.29, 1.82) is 0 Å². The highest BCUT2D eigenvalue weighted by molar-refractivity contribution is 7.89. The third-order valence-electron chi connectivity index (χ3n) is 5.31. The van der Waals surface area contributed by atoms with Gasteiger partial charge in [-0.05, 0) is 48.9 Å². The molecule has 0 saturated heterocycles. The summed E-state index contributed by atoms with van der Waals surface area (Å²) in [5, 5.41) is 3.11. The number of anilines is 1. The molecule has 0 spiro atoms. The zero-order valence-corrected chi connectivity index (χ0v) is 18.2. The second-order valence-electron chi connectivity index (χ2n) is 8.47. The van der Waals surface area contributed by atoms with E-state index in [9.17, 15) is 18.0 Å². The Hall–Kier alpha value is -2.10. The molecule has 4 rings (SSSR count). The van der Waals surface area contributed by atoms with Gasteiger partial charge in [0.15, 0.2) is 10.9 Å². The predicted octanol–water partition coefficient (Wildman–Crippen LogP) is 3.33. The van der Waals surface area contributed by atoms with E-state index in [-0.39, 0.29) is 28.0 Å². The molecule has 1 heterocycles. The zero-order valence-electron chi connectivity index (χ0n) is 16.6. The van der Waals surface area contributed by atoms with Gasteiger partial charge in [0, 0.05) is 25.1 Å². The normalized spacial score (nSPS) is 18.6. The number of sulfonamides is 1. The van der Waals surface area contributed by atoms with Crippen LogP contribution in [0.15, 0.2) is 29.2 Å². The third-order valence-corrected chi connectivity index (χ3v) is 8.29. The van der Waals surface area contributed by atoms with E-state index < -0.39 is 10.0 Å². The lowest BCUT2D eigenvalue weighted by Gasteiger charge is -2.26. The molecule has 1 saturated carbocycles. The number of aromatic nitrogens is 1. The van der Waals surface area contributed by atoms with E-state index in [1.54, 1.807) is 7.05 Å². The molecule has 2 aromatic rings. The Labute approximate surface area is 174 Å². The lowest BCUT2D eigenvalue weighted by Crippen LogP contribution is -2.29. The van der Waals surface area contributed by atoms with Crippen molar-refractivity contribution in [2.45, 2.75) is 50.5 Å². The first-order valence-electron chi connectivity index (χ1n) is 9.49. The highest BCUT2D eigenvalue weighted by Crippen LogP contribution is 2.38. The van der Waals surface area contributed by atoms with E-state index in [1.807, 2.05) is 13.8 Å². The van der Waals surface area contributed by atoms with E-state index in [0.29, 0.717) is 28.4 Å². The molecule has 1 amide bonds. The van der Waals surface area contributed by atoms with Crippen LogP contribution in [0, 0.1) is 5.41 Å². The van der Waals surface area contributed by atoms with Gasteiger partial charge in [-0.15, -0.1) is 0 Å². The molecule has 0 aliphatic heterocycles. The molecular formula is C20H23N3O4S2.